The number of hydrogen-bond donors (Lipinski definition) is 1. The fourth-order valence-corrected chi connectivity index (χ4v) is 2.21. The van der Waals surface area contributed by atoms with Crippen molar-refractivity contribution in [2.45, 2.75) is 19.8 Å². The zero-order valence-corrected chi connectivity index (χ0v) is 11.1. The second kappa shape index (κ2) is 5.83. The van der Waals surface area contributed by atoms with Gasteiger partial charge in [0.2, 0.25) is 0 Å². The number of nitrogens with two attached hydrogens (primary N) is 1. The minimum absolute atomic E-state index is 0.483. The second-order valence-corrected chi connectivity index (χ2v) is 5.02. The molecule has 2 aromatic rings. The van der Waals surface area contributed by atoms with Crippen molar-refractivity contribution in [1.29, 1.82) is 0 Å². The van der Waals surface area contributed by atoms with Crippen LogP contribution in [0.1, 0.15) is 16.7 Å². The minimum Gasteiger partial charge on any atom is -0.330 e. The van der Waals surface area contributed by atoms with Crippen LogP contribution >= 0.6 is 0 Å². The third-order valence-corrected chi connectivity index (χ3v) is 3.26. The van der Waals surface area contributed by atoms with E-state index < -0.39 is 0 Å². The Balaban J connectivity index is 1.99. The molecule has 0 amide bonds. The molecule has 1 aromatic heterocycles. The summed E-state index contributed by atoms with van der Waals surface area (Å²) in [6.45, 7) is 2.82. The third kappa shape index (κ3) is 3.44. The van der Waals surface area contributed by atoms with Gasteiger partial charge in [0, 0.05) is 13.2 Å². The molecule has 0 spiro atoms. The maximum absolute atomic E-state index is 5.88. The third-order valence-electron chi connectivity index (χ3n) is 3.26. The van der Waals surface area contributed by atoms with E-state index in [1.165, 1.54) is 16.7 Å². The minimum atomic E-state index is 0.483. The van der Waals surface area contributed by atoms with E-state index in [1.807, 2.05) is 17.9 Å². The molecule has 1 heterocycles. The smallest absolute Gasteiger partial charge is 0.0521 e. The summed E-state index contributed by atoms with van der Waals surface area (Å²) >= 11 is 0. The summed E-state index contributed by atoms with van der Waals surface area (Å²) in [5.41, 5.74) is 9.80. The average molecular weight is 243 g/mol. The standard InChI is InChI=1S/C15H21N3/c1-12-3-5-13(6-4-12)7-14(9-16)8-15-10-17-18(2)11-15/h3-6,10-11,14H,7-9,16H2,1-2H3. The molecule has 2 rings (SSSR count). The molecule has 0 radical (unpaired) electrons. The fourth-order valence-electron chi connectivity index (χ4n) is 2.21. The fraction of sp³-hybridized carbons (Fsp3) is 0.400. The second-order valence-electron chi connectivity index (χ2n) is 5.02. The largest absolute Gasteiger partial charge is 0.330 e. The van der Waals surface area contributed by atoms with Crippen LogP contribution in [0.15, 0.2) is 36.7 Å². The number of benzene rings is 1. The zero-order chi connectivity index (χ0) is 13.0. The van der Waals surface area contributed by atoms with E-state index in [0.29, 0.717) is 12.5 Å². The highest BCUT2D eigenvalue weighted by molar-refractivity contribution is 5.22. The van der Waals surface area contributed by atoms with Crippen molar-refractivity contribution < 1.29 is 0 Å². The first-order chi connectivity index (χ1) is 8.67. The van der Waals surface area contributed by atoms with Crippen LogP contribution in [-0.2, 0) is 19.9 Å². The summed E-state index contributed by atoms with van der Waals surface area (Å²) < 4.78 is 1.84. The van der Waals surface area contributed by atoms with Gasteiger partial charge in [0.25, 0.3) is 0 Å². The van der Waals surface area contributed by atoms with Crippen molar-refractivity contribution in [3.63, 3.8) is 0 Å². The molecule has 1 atom stereocenters. The first kappa shape index (κ1) is 12.8. The van der Waals surface area contributed by atoms with Gasteiger partial charge in [0.15, 0.2) is 0 Å². The SMILES string of the molecule is Cc1ccc(CC(CN)Cc2cnn(C)c2)cc1. The van der Waals surface area contributed by atoms with Gasteiger partial charge in [-0.1, -0.05) is 29.8 Å². The molecule has 3 heteroatoms. The van der Waals surface area contributed by atoms with Crippen LogP contribution in [0.5, 0.6) is 0 Å². The van der Waals surface area contributed by atoms with Crippen molar-refractivity contribution in [3.05, 3.63) is 53.3 Å². The first-order valence-corrected chi connectivity index (χ1v) is 6.40. The Kier molecular flexibility index (Phi) is 4.15. The van der Waals surface area contributed by atoms with Gasteiger partial charge >= 0.3 is 0 Å². The Morgan fingerprint density at radius 1 is 1.17 bits per heavy atom. The van der Waals surface area contributed by atoms with E-state index in [9.17, 15) is 0 Å². The van der Waals surface area contributed by atoms with Crippen LogP contribution in [0.2, 0.25) is 0 Å². The maximum atomic E-state index is 5.88. The van der Waals surface area contributed by atoms with Gasteiger partial charge < -0.3 is 5.73 Å². The summed E-state index contributed by atoms with van der Waals surface area (Å²) in [5, 5.41) is 4.20. The monoisotopic (exact) mass is 243 g/mol. The number of nitrogens with zero attached hydrogens (tertiary/aromatic N) is 2. The number of rotatable bonds is 5. The van der Waals surface area contributed by atoms with Crippen molar-refractivity contribution in [2.75, 3.05) is 6.54 Å². The van der Waals surface area contributed by atoms with E-state index in [-0.39, 0.29) is 0 Å². The Labute approximate surface area is 109 Å². The molecule has 1 aromatic carbocycles. The van der Waals surface area contributed by atoms with Crippen LogP contribution < -0.4 is 5.73 Å². The topological polar surface area (TPSA) is 43.8 Å². The maximum Gasteiger partial charge on any atom is 0.0521 e. The Bertz CT molecular complexity index is 485. The lowest BCUT2D eigenvalue weighted by Crippen LogP contribution is -2.19. The summed E-state index contributed by atoms with van der Waals surface area (Å²) in [6, 6.07) is 8.71. The van der Waals surface area contributed by atoms with Crippen molar-refractivity contribution in [1.82, 2.24) is 9.78 Å². The van der Waals surface area contributed by atoms with Gasteiger partial charge in [-0.3, -0.25) is 4.68 Å². The highest BCUT2D eigenvalue weighted by atomic mass is 15.2. The molecule has 0 fully saturated rings. The molecule has 3 nitrogen and oxygen atoms in total. The van der Waals surface area contributed by atoms with Crippen LogP contribution in [-0.4, -0.2) is 16.3 Å². The molecule has 0 aliphatic heterocycles. The van der Waals surface area contributed by atoms with E-state index >= 15 is 0 Å². The quantitative estimate of drug-likeness (QED) is 0.874. The predicted octanol–water partition coefficient (Wildman–Crippen LogP) is 2.09. The van der Waals surface area contributed by atoms with Crippen LogP contribution in [0.3, 0.4) is 0 Å². The lowest BCUT2D eigenvalue weighted by molar-refractivity contribution is 0.533. The molecule has 0 bridgehead atoms. The van der Waals surface area contributed by atoms with Gasteiger partial charge in [-0.25, -0.2) is 0 Å². The van der Waals surface area contributed by atoms with Crippen LogP contribution in [0, 0.1) is 12.8 Å². The van der Waals surface area contributed by atoms with E-state index in [1.54, 1.807) is 0 Å². The predicted molar refractivity (Wildman–Crippen MR) is 74.3 cm³/mol. The summed E-state index contributed by atoms with van der Waals surface area (Å²) in [7, 11) is 1.95. The highest BCUT2D eigenvalue weighted by Gasteiger charge is 2.10. The molecule has 2 N–H and O–H groups in total. The summed E-state index contributed by atoms with van der Waals surface area (Å²) in [4.78, 5) is 0. The van der Waals surface area contributed by atoms with E-state index in [4.69, 9.17) is 5.73 Å². The molecule has 96 valence electrons. The molecule has 0 aliphatic rings. The summed E-state index contributed by atoms with van der Waals surface area (Å²) in [6.07, 6.45) is 6.03. The molecular weight excluding hydrogens is 222 g/mol. The lowest BCUT2D eigenvalue weighted by atomic mass is 9.93. The molecule has 1 unspecified atom stereocenters. The molecule has 0 saturated carbocycles. The molecular formula is C15H21N3. The first-order valence-electron chi connectivity index (χ1n) is 6.40. The molecule has 18 heavy (non-hydrogen) atoms. The molecule has 0 aliphatic carbocycles. The number of aromatic nitrogens is 2. The lowest BCUT2D eigenvalue weighted by Gasteiger charge is -2.13. The zero-order valence-electron chi connectivity index (χ0n) is 11.1. The number of hydrogen-bond acceptors (Lipinski definition) is 2. The molecule has 0 saturated heterocycles. The van der Waals surface area contributed by atoms with Crippen LogP contribution in [0.4, 0.5) is 0 Å². The average Bonchev–Trinajstić information content (AvgIpc) is 2.77. The number of aryl methyl sites for hydroxylation is 2. The van der Waals surface area contributed by atoms with E-state index in [2.05, 4.69) is 42.5 Å². The van der Waals surface area contributed by atoms with Crippen molar-refractivity contribution in [2.24, 2.45) is 18.7 Å². The van der Waals surface area contributed by atoms with Crippen molar-refractivity contribution >= 4 is 0 Å². The highest BCUT2D eigenvalue weighted by Crippen LogP contribution is 2.14. The van der Waals surface area contributed by atoms with Gasteiger partial charge in [0.05, 0.1) is 6.20 Å². The van der Waals surface area contributed by atoms with Gasteiger partial charge in [0.1, 0.15) is 0 Å². The Morgan fingerprint density at radius 2 is 1.83 bits per heavy atom. The summed E-state index contributed by atoms with van der Waals surface area (Å²) in [5.74, 6) is 0.483. The van der Waals surface area contributed by atoms with Crippen molar-refractivity contribution in [3.8, 4) is 0 Å². The van der Waals surface area contributed by atoms with Crippen LogP contribution in [0.25, 0.3) is 0 Å². The van der Waals surface area contributed by atoms with Gasteiger partial charge in [-0.15, -0.1) is 0 Å². The van der Waals surface area contributed by atoms with Gasteiger partial charge in [-0.05, 0) is 43.4 Å². The Morgan fingerprint density at radius 3 is 2.39 bits per heavy atom. The Hall–Kier alpha value is -1.61. The normalized spacial score (nSPS) is 12.6. The van der Waals surface area contributed by atoms with Gasteiger partial charge in [-0.2, -0.15) is 5.10 Å². The van der Waals surface area contributed by atoms with E-state index in [0.717, 1.165) is 12.8 Å².